The Morgan fingerprint density at radius 3 is 0.856 bits per heavy atom. The number of hydrogen-bond acceptors (Lipinski definition) is 2. The van der Waals surface area contributed by atoms with E-state index in [9.17, 15) is 5.26 Å². The van der Waals surface area contributed by atoms with Crippen molar-refractivity contribution in [2.75, 3.05) is 0 Å². The summed E-state index contributed by atoms with van der Waals surface area (Å²) in [4.78, 5) is 5.46. The number of nitrogens with zero attached hydrogens (tertiary/aromatic N) is 6. The Morgan fingerprint density at radius 1 is 0.233 bits per heavy atom. The summed E-state index contributed by atoms with van der Waals surface area (Å²) in [6, 6.07) is 114. The van der Waals surface area contributed by atoms with E-state index >= 15 is 0 Å². The Bertz CT molecular complexity index is 5950. The molecule has 0 N–H and O–H groups in total. The van der Waals surface area contributed by atoms with Gasteiger partial charge in [0, 0.05) is 49.3 Å². The number of para-hydroxylation sites is 4. The molecule has 18 rings (SSSR count). The molecule has 90 heavy (non-hydrogen) atoms. The lowest BCUT2D eigenvalue weighted by Crippen LogP contribution is -2.16. The molecule has 0 saturated carbocycles. The van der Waals surface area contributed by atoms with Gasteiger partial charge in [0.05, 0.1) is 78.1 Å². The van der Waals surface area contributed by atoms with Crippen molar-refractivity contribution in [1.29, 1.82) is 5.26 Å². The first kappa shape index (κ1) is 51.0. The average Bonchev–Trinajstić information content (AvgIpc) is 1.45. The van der Waals surface area contributed by atoms with Crippen LogP contribution >= 0.6 is 0 Å². The summed E-state index contributed by atoms with van der Waals surface area (Å²) in [5.74, 6) is 0. The second-order valence-corrected chi connectivity index (χ2v) is 23.3. The molecule has 0 unspecified atom stereocenters. The van der Waals surface area contributed by atoms with Crippen LogP contribution in [-0.2, 0) is 0 Å². The molecule has 0 radical (unpaired) electrons. The van der Waals surface area contributed by atoms with Gasteiger partial charge >= 0.3 is 0 Å². The summed E-state index contributed by atoms with van der Waals surface area (Å²) < 4.78 is 9.75. The van der Waals surface area contributed by atoms with E-state index in [1.807, 2.05) is 12.3 Å². The third kappa shape index (κ3) is 7.73. The molecule has 5 aromatic heterocycles. The van der Waals surface area contributed by atoms with Gasteiger partial charge < -0.3 is 18.3 Å². The number of benzene rings is 13. The van der Waals surface area contributed by atoms with Crippen LogP contribution < -0.4 is 0 Å². The molecule has 18 aromatic rings. The van der Waals surface area contributed by atoms with Gasteiger partial charge in [-0.2, -0.15) is 5.26 Å². The van der Waals surface area contributed by atoms with E-state index in [1.54, 1.807) is 0 Å². The first-order valence-electron chi connectivity index (χ1n) is 30.6. The number of aromatic nitrogens is 5. The van der Waals surface area contributed by atoms with Gasteiger partial charge in [-0.1, -0.05) is 224 Å². The van der Waals surface area contributed by atoms with E-state index in [0.29, 0.717) is 11.3 Å². The highest BCUT2D eigenvalue weighted by molar-refractivity contribution is 6.18. The first-order valence-corrected chi connectivity index (χ1v) is 30.6. The number of rotatable bonds is 9. The van der Waals surface area contributed by atoms with Gasteiger partial charge in [0.1, 0.15) is 11.6 Å². The van der Waals surface area contributed by atoms with Crippen LogP contribution in [0.5, 0.6) is 0 Å². The average molecular weight is 1150 g/mol. The second kappa shape index (κ2) is 20.4. The highest BCUT2D eigenvalue weighted by Crippen LogP contribution is 2.52. The van der Waals surface area contributed by atoms with Gasteiger partial charge in [0.15, 0.2) is 0 Å². The van der Waals surface area contributed by atoms with Crippen LogP contribution in [0.4, 0.5) is 0 Å². The van der Waals surface area contributed by atoms with Crippen molar-refractivity contribution in [2.24, 2.45) is 0 Å². The van der Waals surface area contributed by atoms with Crippen molar-refractivity contribution >= 4 is 87.2 Å². The van der Waals surface area contributed by atoms with Crippen molar-refractivity contribution in [3.05, 3.63) is 321 Å². The lowest BCUT2D eigenvalue weighted by molar-refractivity contribution is 1.03. The minimum absolute atomic E-state index is 0.484. The molecule has 0 amide bonds. The first-order chi connectivity index (χ1) is 44.7. The molecule has 13 aromatic carbocycles. The van der Waals surface area contributed by atoms with Crippen molar-refractivity contribution in [1.82, 2.24) is 23.3 Å². The van der Waals surface area contributed by atoms with Crippen molar-refractivity contribution in [2.45, 2.75) is 0 Å². The third-order valence-corrected chi connectivity index (χ3v) is 18.4. The molecule has 0 aliphatic carbocycles. The molecule has 0 aliphatic rings. The lowest BCUT2D eigenvalue weighted by atomic mass is 9.95. The van der Waals surface area contributed by atoms with Crippen molar-refractivity contribution < 1.29 is 0 Å². The maximum atomic E-state index is 13.1. The molecule has 0 spiro atoms. The minimum Gasteiger partial charge on any atom is -0.307 e. The minimum atomic E-state index is 0.484. The quantitative estimate of drug-likeness (QED) is 0.145. The standard InChI is InChI=1S/C84H52N6/c85-53-70-81(87-72-36-17-13-31-62(72)66-49-58(40-44-76(66)87)54-23-5-1-6-24-54)80(71-35-21-22-48-86-71)83(89-74-38-19-15-33-64(74)68-51-60(42-46-78(68)89)56-27-9-3-10-28-56)84(90-75-39-20-16-34-65(75)69-52-61(43-47-79(69)90)57-29-11-4-12-30-57)82(70)88-73-37-18-14-32-63(73)67-50-59(41-45-77(67)88)55-25-7-2-8-26-55/h1-52H. The van der Waals surface area contributed by atoms with E-state index in [1.165, 1.54) is 0 Å². The monoisotopic (exact) mass is 1140 g/mol. The molecular weight excluding hydrogens is 1090 g/mol. The Labute approximate surface area is 518 Å². The van der Waals surface area contributed by atoms with E-state index < -0.39 is 0 Å². The van der Waals surface area contributed by atoms with Gasteiger partial charge in [0.25, 0.3) is 0 Å². The van der Waals surface area contributed by atoms with Crippen LogP contribution in [-0.4, -0.2) is 23.3 Å². The zero-order chi connectivity index (χ0) is 59.4. The fourth-order valence-electron chi connectivity index (χ4n) is 14.5. The van der Waals surface area contributed by atoms with Gasteiger partial charge in [0.2, 0.25) is 0 Å². The highest BCUT2D eigenvalue weighted by Gasteiger charge is 2.36. The Morgan fingerprint density at radius 2 is 0.522 bits per heavy atom. The van der Waals surface area contributed by atoms with Gasteiger partial charge in [-0.05, 0) is 129 Å². The van der Waals surface area contributed by atoms with Crippen LogP contribution in [0, 0.1) is 11.3 Å². The largest absolute Gasteiger partial charge is 0.307 e. The normalized spacial score (nSPS) is 11.8. The zero-order valence-corrected chi connectivity index (χ0v) is 48.7. The Balaban J connectivity index is 1.12. The molecular formula is C84H52N6. The Kier molecular flexibility index (Phi) is 11.6. The van der Waals surface area contributed by atoms with E-state index in [0.717, 1.165) is 160 Å². The van der Waals surface area contributed by atoms with Crippen LogP contribution in [0.15, 0.2) is 316 Å². The number of nitriles is 1. The zero-order valence-electron chi connectivity index (χ0n) is 48.7. The van der Waals surface area contributed by atoms with Crippen molar-refractivity contribution in [3.8, 4) is 84.6 Å². The van der Waals surface area contributed by atoms with E-state index in [2.05, 4.69) is 328 Å². The summed E-state index contributed by atoms with van der Waals surface area (Å²) in [7, 11) is 0. The smallest absolute Gasteiger partial charge is 0.104 e. The SMILES string of the molecule is N#Cc1c(-n2c3ccccc3c3cc(-c4ccccc4)ccc32)c(-c2ccccn2)c(-n2c3ccccc3c3cc(-c4ccccc4)ccc32)c(-n2c3ccccc3c3cc(-c4ccccc4)ccc32)c1-n1c2ccccc2c2cc(-c3ccccc3)ccc21. The number of fused-ring (bicyclic) bond motifs is 12. The summed E-state index contributed by atoms with van der Waals surface area (Å²) in [5, 5.41) is 21.8. The molecule has 0 saturated heterocycles. The third-order valence-electron chi connectivity index (χ3n) is 18.4. The topological polar surface area (TPSA) is 56.4 Å². The molecule has 0 aliphatic heterocycles. The molecule has 418 valence electrons. The molecule has 5 heterocycles. The van der Waals surface area contributed by atoms with Crippen LogP contribution in [0.2, 0.25) is 0 Å². The molecule has 0 bridgehead atoms. The van der Waals surface area contributed by atoms with E-state index in [-0.39, 0.29) is 0 Å². The van der Waals surface area contributed by atoms with Gasteiger partial charge in [-0.15, -0.1) is 0 Å². The summed E-state index contributed by atoms with van der Waals surface area (Å²) >= 11 is 0. The fraction of sp³-hybridized carbons (Fsp3) is 0. The van der Waals surface area contributed by atoms with Gasteiger partial charge in [-0.3, -0.25) is 4.98 Å². The summed E-state index contributed by atoms with van der Waals surface area (Å²) in [6.45, 7) is 0. The number of hydrogen-bond donors (Lipinski definition) is 0. The number of pyridine rings is 1. The van der Waals surface area contributed by atoms with Crippen LogP contribution in [0.25, 0.3) is 166 Å². The Hall–Kier alpha value is -12.3. The molecule has 6 nitrogen and oxygen atoms in total. The summed E-state index contributed by atoms with van der Waals surface area (Å²) in [5.41, 5.74) is 22.0. The van der Waals surface area contributed by atoms with Gasteiger partial charge in [-0.25, -0.2) is 0 Å². The fourth-order valence-corrected chi connectivity index (χ4v) is 14.5. The summed E-state index contributed by atoms with van der Waals surface area (Å²) in [6.07, 6.45) is 1.89. The maximum Gasteiger partial charge on any atom is 0.104 e. The van der Waals surface area contributed by atoms with E-state index in [4.69, 9.17) is 4.98 Å². The molecule has 0 fully saturated rings. The van der Waals surface area contributed by atoms with Crippen LogP contribution in [0.3, 0.4) is 0 Å². The van der Waals surface area contributed by atoms with Crippen molar-refractivity contribution in [3.63, 3.8) is 0 Å². The predicted octanol–water partition coefficient (Wildman–Crippen LogP) is 21.7. The lowest BCUT2D eigenvalue weighted by Gasteiger charge is -2.29. The maximum absolute atomic E-state index is 13.1. The predicted molar refractivity (Wildman–Crippen MR) is 373 cm³/mol. The second-order valence-electron chi connectivity index (χ2n) is 23.3. The highest BCUT2D eigenvalue weighted by atomic mass is 15.1. The molecule has 6 heteroatoms. The molecule has 0 atom stereocenters. The van der Waals surface area contributed by atoms with Crippen LogP contribution in [0.1, 0.15) is 5.56 Å².